The van der Waals surface area contributed by atoms with Crippen LogP contribution in [0.5, 0.6) is 0 Å². The molecule has 0 aliphatic carbocycles. The first-order valence-electron chi connectivity index (χ1n) is 5.80. The maximum absolute atomic E-state index is 11.8. The molecule has 2 heterocycles. The number of hydrogen-bond donors (Lipinski definition) is 2. The summed E-state index contributed by atoms with van der Waals surface area (Å²) >= 11 is 0. The quantitative estimate of drug-likeness (QED) is 0.754. The predicted molar refractivity (Wildman–Crippen MR) is 60.8 cm³/mol. The lowest BCUT2D eigenvalue weighted by Crippen LogP contribution is -2.41. The van der Waals surface area contributed by atoms with Gasteiger partial charge in [-0.3, -0.25) is 4.79 Å². The van der Waals surface area contributed by atoms with Gasteiger partial charge >= 0.3 is 0 Å². The molecule has 0 unspecified atom stereocenters. The van der Waals surface area contributed by atoms with E-state index in [0.29, 0.717) is 6.54 Å². The number of imidazole rings is 1. The highest BCUT2D eigenvalue weighted by molar-refractivity contribution is 5.78. The van der Waals surface area contributed by atoms with Crippen LogP contribution in [0.4, 0.5) is 0 Å². The Morgan fingerprint density at radius 2 is 2.56 bits per heavy atom. The highest BCUT2D eigenvalue weighted by Gasteiger charge is 2.19. The number of carbonyl (C=O) groups excluding carboxylic acids is 1. The van der Waals surface area contributed by atoms with Crippen LogP contribution in [0.15, 0.2) is 18.7 Å². The number of piperidine rings is 1. The van der Waals surface area contributed by atoms with Gasteiger partial charge in [0.1, 0.15) is 0 Å². The molecular formula is C11H18N4O. The van der Waals surface area contributed by atoms with Gasteiger partial charge in [0.05, 0.1) is 12.2 Å². The van der Waals surface area contributed by atoms with Crippen LogP contribution in [0.25, 0.3) is 0 Å². The molecule has 1 amide bonds. The third kappa shape index (κ3) is 3.06. The Kier molecular flexibility index (Phi) is 3.93. The minimum atomic E-state index is 0.150. The third-order valence-corrected chi connectivity index (χ3v) is 2.90. The first-order valence-corrected chi connectivity index (χ1v) is 5.80. The smallest absolute Gasteiger partial charge is 0.224 e. The second-order valence-corrected chi connectivity index (χ2v) is 4.13. The Hall–Kier alpha value is -1.36. The van der Waals surface area contributed by atoms with E-state index in [4.69, 9.17) is 0 Å². The molecule has 0 aromatic carbocycles. The molecule has 1 aliphatic rings. The summed E-state index contributed by atoms with van der Waals surface area (Å²) in [5, 5.41) is 6.21. The summed E-state index contributed by atoms with van der Waals surface area (Å²) in [4.78, 5) is 15.7. The Morgan fingerprint density at radius 1 is 1.62 bits per heavy atom. The van der Waals surface area contributed by atoms with E-state index in [1.165, 1.54) is 0 Å². The number of amides is 1. The molecular weight excluding hydrogens is 204 g/mol. The van der Waals surface area contributed by atoms with Crippen LogP contribution in [0.2, 0.25) is 0 Å². The van der Waals surface area contributed by atoms with Crippen LogP contribution in [0, 0.1) is 5.92 Å². The maximum atomic E-state index is 11.8. The van der Waals surface area contributed by atoms with E-state index in [-0.39, 0.29) is 11.8 Å². The van der Waals surface area contributed by atoms with Crippen LogP contribution < -0.4 is 10.6 Å². The summed E-state index contributed by atoms with van der Waals surface area (Å²) < 4.78 is 1.96. The van der Waals surface area contributed by atoms with Gasteiger partial charge in [-0.15, -0.1) is 0 Å². The largest absolute Gasteiger partial charge is 0.354 e. The normalized spacial score (nSPS) is 20.6. The highest BCUT2D eigenvalue weighted by Crippen LogP contribution is 2.09. The monoisotopic (exact) mass is 222 g/mol. The fourth-order valence-corrected chi connectivity index (χ4v) is 1.95. The first-order chi connectivity index (χ1) is 7.86. The Morgan fingerprint density at radius 3 is 3.25 bits per heavy atom. The average Bonchev–Trinajstić information content (AvgIpc) is 2.83. The number of carbonyl (C=O) groups is 1. The number of nitrogens with zero attached hydrogens (tertiary/aromatic N) is 2. The SMILES string of the molecule is O=C(NCCn1ccnc1)[C@@H]1CCCNC1. The number of nitrogens with one attached hydrogen (secondary N) is 2. The van der Waals surface area contributed by atoms with Crippen molar-refractivity contribution < 1.29 is 4.79 Å². The van der Waals surface area contributed by atoms with Crippen molar-refractivity contribution in [2.45, 2.75) is 19.4 Å². The molecule has 1 fully saturated rings. The van der Waals surface area contributed by atoms with Crippen molar-refractivity contribution in [3.8, 4) is 0 Å². The molecule has 2 rings (SSSR count). The van der Waals surface area contributed by atoms with Crippen molar-refractivity contribution in [1.82, 2.24) is 20.2 Å². The van der Waals surface area contributed by atoms with Crippen molar-refractivity contribution in [2.24, 2.45) is 5.92 Å². The summed E-state index contributed by atoms with van der Waals surface area (Å²) in [6.45, 7) is 3.31. The molecule has 1 aliphatic heterocycles. The van der Waals surface area contributed by atoms with Gasteiger partial charge in [-0.1, -0.05) is 0 Å². The molecule has 88 valence electrons. The summed E-state index contributed by atoms with van der Waals surface area (Å²) in [6, 6.07) is 0. The predicted octanol–water partition coefficient (Wildman–Crippen LogP) is -0.00110. The van der Waals surface area contributed by atoms with Crippen LogP contribution in [-0.2, 0) is 11.3 Å². The van der Waals surface area contributed by atoms with Crippen molar-refractivity contribution in [3.63, 3.8) is 0 Å². The van der Waals surface area contributed by atoms with Crippen molar-refractivity contribution in [3.05, 3.63) is 18.7 Å². The van der Waals surface area contributed by atoms with Crippen LogP contribution in [0.1, 0.15) is 12.8 Å². The summed E-state index contributed by atoms with van der Waals surface area (Å²) in [6.07, 6.45) is 7.50. The van der Waals surface area contributed by atoms with Gasteiger partial charge in [-0.05, 0) is 19.4 Å². The van der Waals surface area contributed by atoms with E-state index < -0.39 is 0 Å². The zero-order valence-electron chi connectivity index (χ0n) is 9.35. The minimum Gasteiger partial charge on any atom is -0.354 e. The van der Waals surface area contributed by atoms with Gasteiger partial charge in [-0.2, -0.15) is 0 Å². The van der Waals surface area contributed by atoms with Gasteiger partial charge in [0.15, 0.2) is 0 Å². The lowest BCUT2D eigenvalue weighted by molar-refractivity contribution is -0.125. The molecule has 1 atom stereocenters. The zero-order valence-corrected chi connectivity index (χ0v) is 9.35. The molecule has 1 saturated heterocycles. The van der Waals surface area contributed by atoms with E-state index >= 15 is 0 Å². The van der Waals surface area contributed by atoms with Gasteiger partial charge < -0.3 is 15.2 Å². The van der Waals surface area contributed by atoms with Gasteiger partial charge in [0.2, 0.25) is 5.91 Å². The van der Waals surface area contributed by atoms with E-state index in [9.17, 15) is 4.79 Å². The van der Waals surface area contributed by atoms with Crippen molar-refractivity contribution >= 4 is 5.91 Å². The molecule has 1 aromatic heterocycles. The second kappa shape index (κ2) is 5.65. The van der Waals surface area contributed by atoms with Crippen LogP contribution in [0.3, 0.4) is 0 Å². The van der Waals surface area contributed by atoms with E-state index in [1.807, 2.05) is 10.8 Å². The van der Waals surface area contributed by atoms with Crippen molar-refractivity contribution in [1.29, 1.82) is 0 Å². The van der Waals surface area contributed by atoms with E-state index in [0.717, 1.165) is 32.5 Å². The lowest BCUT2D eigenvalue weighted by atomic mass is 9.99. The Balaban J connectivity index is 1.67. The lowest BCUT2D eigenvalue weighted by Gasteiger charge is -2.21. The zero-order chi connectivity index (χ0) is 11.2. The van der Waals surface area contributed by atoms with Crippen LogP contribution in [-0.4, -0.2) is 35.1 Å². The average molecular weight is 222 g/mol. The molecule has 0 bridgehead atoms. The fraction of sp³-hybridized carbons (Fsp3) is 0.636. The van der Waals surface area contributed by atoms with E-state index in [2.05, 4.69) is 15.6 Å². The molecule has 16 heavy (non-hydrogen) atoms. The molecule has 0 radical (unpaired) electrons. The molecule has 5 nitrogen and oxygen atoms in total. The number of aromatic nitrogens is 2. The van der Waals surface area contributed by atoms with Gasteiger partial charge in [0, 0.05) is 32.0 Å². The molecule has 2 N–H and O–H groups in total. The molecule has 0 spiro atoms. The maximum Gasteiger partial charge on any atom is 0.224 e. The minimum absolute atomic E-state index is 0.150. The van der Waals surface area contributed by atoms with Crippen LogP contribution >= 0.6 is 0 Å². The Labute approximate surface area is 95.2 Å². The second-order valence-electron chi connectivity index (χ2n) is 4.13. The summed E-state index contributed by atoms with van der Waals surface area (Å²) in [5.41, 5.74) is 0. The number of hydrogen-bond acceptors (Lipinski definition) is 3. The summed E-state index contributed by atoms with van der Waals surface area (Å²) in [7, 11) is 0. The molecule has 1 aromatic rings. The molecule has 0 saturated carbocycles. The van der Waals surface area contributed by atoms with E-state index in [1.54, 1.807) is 12.5 Å². The topological polar surface area (TPSA) is 59.0 Å². The highest BCUT2D eigenvalue weighted by atomic mass is 16.1. The van der Waals surface area contributed by atoms with Crippen molar-refractivity contribution in [2.75, 3.05) is 19.6 Å². The summed E-state index contributed by atoms with van der Waals surface area (Å²) in [5.74, 6) is 0.323. The standard InChI is InChI=1S/C11H18N4O/c16-11(10-2-1-3-12-8-10)14-5-7-15-6-4-13-9-15/h4,6,9-10,12H,1-3,5,7-8H2,(H,14,16)/t10-/m1/s1. The van der Waals surface area contributed by atoms with Gasteiger partial charge in [0.25, 0.3) is 0 Å². The third-order valence-electron chi connectivity index (χ3n) is 2.90. The first kappa shape index (κ1) is 11.1. The number of rotatable bonds is 4. The molecule has 5 heteroatoms. The fourth-order valence-electron chi connectivity index (χ4n) is 1.95. The Bertz CT molecular complexity index is 317. The van der Waals surface area contributed by atoms with Gasteiger partial charge in [-0.25, -0.2) is 4.98 Å².